The van der Waals surface area contributed by atoms with Gasteiger partial charge in [-0.15, -0.1) is 0 Å². The Morgan fingerprint density at radius 2 is 1.76 bits per heavy atom. The van der Waals surface area contributed by atoms with E-state index in [-0.39, 0.29) is 30.8 Å². The fourth-order valence-electron chi connectivity index (χ4n) is 2.48. The van der Waals surface area contributed by atoms with Gasteiger partial charge in [-0.3, -0.25) is 14.4 Å². The summed E-state index contributed by atoms with van der Waals surface area (Å²) < 4.78 is 0. The summed E-state index contributed by atoms with van der Waals surface area (Å²) in [7, 11) is 3.98. The minimum atomic E-state index is -0.379. The number of carbonyl (C=O) groups excluding carboxylic acids is 3. The Labute approximate surface area is 147 Å². The van der Waals surface area contributed by atoms with Gasteiger partial charge in [-0.2, -0.15) is 0 Å². The maximum Gasteiger partial charge on any atom is 0.242 e. The number of hydrogen-bond donors (Lipinski definition) is 2. The normalized spacial score (nSPS) is 13.2. The number of nitrogens with zero attached hydrogens (tertiary/aromatic N) is 2. The van der Waals surface area contributed by atoms with Crippen LogP contribution in [0.2, 0.25) is 0 Å². The molecule has 1 aromatic rings. The molecule has 25 heavy (non-hydrogen) atoms. The number of anilines is 1. The Kier molecular flexibility index (Phi) is 6.16. The molecule has 134 valence electrons. The highest BCUT2D eigenvalue weighted by Crippen LogP contribution is 2.23. The highest BCUT2D eigenvalue weighted by atomic mass is 16.2. The van der Waals surface area contributed by atoms with E-state index in [4.69, 9.17) is 0 Å². The Hall–Kier alpha value is -2.83. The second kappa shape index (κ2) is 8.32. The van der Waals surface area contributed by atoms with Crippen molar-refractivity contribution in [2.24, 2.45) is 0 Å². The van der Waals surface area contributed by atoms with E-state index in [1.165, 1.54) is 6.92 Å². The van der Waals surface area contributed by atoms with E-state index in [1.54, 1.807) is 4.90 Å². The molecule has 0 aliphatic carbocycles. The lowest BCUT2D eigenvalue weighted by atomic mass is 10.1. The molecule has 2 rings (SSSR count). The van der Waals surface area contributed by atoms with Crippen molar-refractivity contribution in [3.63, 3.8) is 0 Å². The molecule has 2 N–H and O–H groups in total. The topological polar surface area (TPSA) is 81.8 Å². The Morgan fingerprint density at radius 1 is 1.08 bits per heavy atom. The summed E-state index contributed by atoms with van der Waals surface area (Å²) in [6.45, 7) is 2.21. The maximum atomic E-state index is 12.2. The second-order valence-electron chi connectivity index (χ2n) is 6.13. The molecule has 0 saturated heterocycles. The van der Waals surface area contributed by atoms with Gasteiger partial charge < -0.3 is 20.4 Å². The molecule has 7 heteroatoms. The first kappa shape index (κ1) is 18.5. The predicted octanol–water partition coefficient (Wildman–Crippen LogP) is 0.231. The van der Waals surface area contributed by atoms with Crippen molar-refractivity contribution in [2.45, 2.75) is 6.92 Å². The molecule has 1 aliphatic rings. The molecule has 0 aromatic heterocycles. The van der Waals surface area contributed by atoms with Crippen LogP contribution in [-0.4, -0.2) is 62.9 Å². The van der Waals surface area contributed by atoms with Crippen molar-refractivity contribution in [1.82, 2.24) is 15.5 Å². The smallest absolute Gasteiger partial charge is 0.242 e. The number of carbonyl (C=O) groups is 3. The van der Waals surface area contributed by atoms with Crippen LogP contribution >= 0.6 is 0 Å². The number of benzene rings is 1. The summed E-state index contributed by atoms with van der Waals surface area (Å²) in [6, 6.07) is 8.18. The minimum absolute atomic E-state index is 0.0703. The molecule has 0 radical (unpaired) electrons. The molecular weight excluding hydrogens is 320 g/mol. The zero-order valence-electron chi connectivity index (χ0n) is 14.8. The van der Waals surface area contributed by atoms with Gasteiger partial charge in [-0.25, -0.2) is 0 Å². The van der Waals surface area contributed by atoms with Crippen molar-refractivity contribution in [1.29, 1.82) is 0 Å². The van der Waals surface area contributed by atoms with Crippen LogP contribution < -0.4 is 15.5 Å². The van der Waals surface area contributed by atoms with Crippen molar-refractivity contribution in [3.05, 3.63) is 35.9 Å². The van der Waals surface area contributed by atoms with Crippen molar-refractivity contribution in [2.75, 3.05) is 45.2 Å². The first-order valence-electron chi connectivity index (χ1n) is 8.12. The van der Waals surface area contributed by atoms with Crippen LogP contribution in [0.5, 0.6) is 0 Å². The fourth-order valence-corrected chi connectivity index (χ4v) is 2.48. The summed E-state index contributed by atoms with van der Waals surface area (Å²) >= 11 is 0. The van der Waals surface area contributed by atoms with Crippen LogP contribution in [0.1, 0.15) is 12.5 Å². The molecule has 0 unspecified atom stereocenters. The third-order valence-electron chi connectivity index (χ3n) is 3.96. The summed E-state index contributed by atoms with van der Waals surface area (Å²) in [5.41, 5.74) is 3.32. The van der Waals surface area contributed by atoms with Crippen LogP contribution in [-0.2, 0) is 14.4 Å². The van der Waals surface area contributed by atoms with Crippen molar-refractivity contribution >= 4 is 29.0 Å². The zero-order valence-corrected chi connectivity index (χ0v) is 14.8. The van der Waals surface area contributed by atoms with Crippen molar-refractivity contribution in [3.8, 4) is 0 Å². The minimum Gasteiger partial charge on any atom is -0.378 e. The summed E-state index contributed by atoms with van der Waals surface area (Å²) in [5, 5.41) is 4.91. The molecule has 1 aromatic carbocycles. The van der Waals surface area contributed by atoms with Gasteiger partial charge in [0.25, 0.3) is 0 Å². The first-order chi connectivity index (χ1) is 11.9. The lowest BCUT2D eigenvalue weighted by molar-refractivity contribution is -0.131. The zero-order chi connectivity index (χ0) is 18.4. The predicted molar refractivity (Wildman–Crippen MR) is 97.0 cm³/mol. The largest absolute Gasteiger partial charge is 0.378 e. The van der Waals surface area contributed by atoms with E-state index in [9.17, 15) is 14.4 Å². The second-order valence-corrected chi connectivity index (χ2v) is 6.13. The van der Waals surface area contributed by atoms with Crippen LogP contribution in [0.4, 0.5) is 5.69 Å². The van der Waals surface area contributed by atoms with Gasteiger partial charge in [0, 0.05) is 39.8 Å². The van der Waals surface area contributed by atoms with Gasteiger partial charge >= 0.3 is 0 Å². The van der Waals surface area contributed by atoms with Gasteiger partial charge in [0.1, 0.15) is 0 Å². The molecule has 0 spiro atoms. The van der Waals surface area contributed by atoms with Gasteiger partial charge in [-0.05, 0) is 23.3 Å². The van der Waals surface area contributed by atoms with Crippen LogP contribution in [0.3, 0.4) is 0 Å². The lowest BCUT2D eigenvalue weighted by Gasteiger charge is -2.17. The molecule has 0 bridgehead atoms. The first-order valence-corrected chi connectivity index (χ1v) is 8.12. The summed E-state index contributed by atoms with van der Waals surface area (Å²) in [4.78, 5) is 38.2. The average Bonchev–Trinajstić information content (AvgIpc) is 3.08. The van der Waals surface area contributed by atoms with Gasteiger partial charge in [0.2, 0.25) is 17.7 Å². The number of amides is 3. The maximum absolute atomic E-state index is 12.2. The van der Waals surface area contributed by atoms with Crippen molar-refractivity contribution < 1.29 is 14.4 Å². The molecule has 0 atom stereocenters. The van der Waals surface area contributed by atoms with E-state index in [0.29, 0.717) is 13.1 Å². The van der Waals surface area contributed by atoms with E-state index in [2.05, 4.69) is 10.6 Å². The van der Waals surface area contributed by atoms with E-state index >= 15 is 0 Å². The average molecular weight is 344 g/mol. The molecule has 3 amide bonds. The molecular formula is C18H24N4O3. The molecule has 7 nitrogen and oxygen atoms in total. The number of rotatable bonds is 6. The Morgan fingerprint density at radius 3 is 2.36 bits per heavy atom. The number of hydrogen-bond acceptors (Lipinski definition) is 4. The Balaban J connectivity index is 1.81. The van der Waals surface area contributed by atoms with Gasteiger partial charge in [0.05, 0.1) is 13.1 Å². The van der Waals surface area contributed by atoms with E-state index in [1.807, 2.05) is 49.3 Å². The monoisotopic (exact) mass is 344 g/mol. The Bertz CT molecular complexity index is 680. The van der Waals surface area contributed by atoms with Crippen LogP contribution in [0.25, 0.3) is 5.57 Å². The highest BCUT2D eigenvalue weighted by molar-refractivity contribution is 5.89. The molecule has 1 aliphatic heterocycles. The quantitative estimate of drug-likeness (QED) is 0.774. The molecule has 1 heterocycles. The van der Waals surface area contributed by atoms with Crippen LogP contribution in [0, 0.1) is 0 Å². The number of nitrogens with one attached hydrogen (secondary N) is 2. The highest BCUT2D eigenvalue weighted by Gasteiger charge is 2.20. The van der Waals surface area contributed by atoms with Crippen LogP contribution in [0.15, 0.2) is 30.3 Å². The van der Waals surface area contributed by atoms with E-state index in [0.717, 1.165) is 16.8 Å². The van der Waals surface area contributed by atoms with Gasteiger partial charge in [-0.1, -0.05) is 18.2 Å². The summed E-state index contributed by atoms with van der Waals surface area (Å²) in [6.07, 6.45) is 2.03. The standard InChI is InChI=1S/C18H24N4O3/c1-13(23)19-10-17(24)20-11-18(25)22-9-8-15(12-22)14-4-6-16(7-5-14)21(2)3/h4-8H,9-12H2,1-3H3,(H,19,23)(H,20,24). The molecule has 0 fully saturated rings. The SMILES string of the molecule is CC(=O)NCC(=O)NCC(=O)N1CC=C(c2ccc(N(C)C)cc2)C1. The fraction of sp³-hybridized carbons (Fsp3) is 0.389. The summed E-state index contributed by atoms with van der Waals surface area (Å²) in [5.74, 6) is -0.808. The third kappa shape index (κ3) is 5.34. The van der Waals surface area contributed by atoms with E-state index < -0.39 is 0 Å². The lowest BCUT2D eigenvalue weighted by Crippen LogP contribution is -2.42. The third-order valence-corrected chi connectivity index (χ3v) is 3.96. The van der Waals surface area contributed by atoms with Gasteiger partial charge in [0.15, 0.2) is 0 Å². The molecule has 0 saturated carbocycles.